The Bertz CT molecular complexity index is 557. The molecule has 1 amide bonds. The number of ketones is 1. The largest absolute Gasteiger partial charge is 0.452 e. The highest BCUT2D eigenvalue weighted by Gasteiger charge is 2.07. The first-order valence-corrected chi connectivity index (χ1v) is 6.11. The van der Waals surface area contributed by atoms with Gasteiger partial charge in [0.25, 0.3) is 5.91 Å². The van der Waals surface area contributed by atoms with Gasteiger partial charge in [-0.1, -0.05) is 17.7 Å². The third kappa shape index (κ3) is 5.48. The molecule has 1 aromatic rings. The number of benzene rings is 1. The summed E-state index contributed by atoms with van der Waals surface area (Å²) in [5.74, 6) is -1.10. The number of esters is 1. The van der Waals surface area contributed by atoms with Crippen molar-refractivity contribution in [2.45, 2.75) is 20.8 Å². The highest BCUT2D eigenvalue weighted by atomic mass is 16.5. The monoisotopic (exact) mass is 275 g/mol. The Morgan fingerprint density at radius 1 is 1.20 bits per heavy atom. The number of amides is 1. The molecule has 5 heteroatoms. The number of hydrogen-bond acceptors (Lipinski definition) is 4. The van der Waals surface area contributed by atoms with Gasteiger partial charge in [-0.05, 0) is 32.9 Å². The highest BCUT2D eigenvalue weighted by Crippen LogP contribution is 2.11. The van der Waals surface area contributed by atoms with Crippen LogP contribution in [-0.2, 0) is 14.3 Å². The molecule has 20 heavy (non-hydrogen) atoms. The van der Waals surface area contributed by atoms with Crippen LogP contribution < -0.4 is 5.32 Å². The fourth-order valence-corrected chi connectivity index (χ4v) is 1.43. The van der Waals surface area contributed by atoms with Crippen molar-refractivity contribution in [3.05, 3.63) is 41.5 Å². The number of carbonyl (C=O) groups is 3. The molecule has 5 nitrogen and oxygen atoms in total. The maximum atomic E-state index is 11.6. The van der Waals surface area contributed by atoms with Gasteiger partial charge < -0.3 is 10.1 Å². The number of anilines is 1. The predicted molar refractivity (Wildman–Crippen MR) is 75.5 cm³/mol. The van der Waals surface area contributed by atoms with E-state index in [1.165, 1.54) is 13.0 Å². The molecule has 1 rings (SSSR count). The lowest BCUT2D eigenvalue weighted by atomic mass is 10.1. The van der Waals surface area contributed by atoms with Gasteiger partial charge in [0, 0.05) is 17.3 Å². The topological polar surface area (TPSA) is 72.5 Å². The molecule has 0 atom stereocenters. The van der Waals surface area contributed by atoms with E-state index in [2.05, 4.69) is 5.32 Å². The standard InChI is InChI=1S/C15H17NO4/c1-10(2)7-15(19)20-9-14(18)16-13-6-4-5-12(8-13)11(3)17/h4-8H,9H2,1-3H3,(H,16,18). The predicted octanol–water partition coefficient (Wildman–Crippen LogP) is 2.34. The SMILES string of the molecule is CC(=O)c1cccc(NC(=O)COC(=O)C=C(C)C)c1. The van der Waals surface area contributed by atoms with E-state index < -0.39 is 11.9 Å². The van der Waals surface area contributed by atoms with Gasteiger partial charge in [0.05, 0.1) is 0 Å². The van der Waals surface area contributed by atoms with Crippen LogP contribution in [-0.4, -0.2) is 24.3 Å². The van der Waals surface area contributed by atoms with E-state index in [9.17, 15) is 14.4 Å². The van der Waals surface area contributed by atoms with Crippen molar-refractivity contribution in [2.24, 2.45) is 0 Å². The van der Waals surface area contributed by atoms with Crippen LogP contribution >= 0.6 is 0 Å². The zero-order valence-electron chi connectivity index (χ0n) is 11.7. The average molecular weight is 275 g/mol. The zero-order chi connectivity index (χ0) is 15.1. The van der Waals surface area contributed by atoms with Gasteiger partial charge in [0.15, 0.2) is 12.4 Å². The van der Waals surface area contributed by atoms with E-state index in [0.717, 1.165) is 5.57 Å². The fraction of sp³-hybridized carbons (Fsp3) is 0.267. The molecule has 1 N–H and O–H groups in total. The molecular formula is C15H17NO4. The molecule has 0 heterocycles. The van der Waals surface area contributed by atoms with Crippen molar-refractivity contribution in [3.8, 4) is 0 Å². The summed E-state index contributed by atoms with van der Waals surface area (Å²) >= 11 is 0. The van der Waals surface area contributed by atoms with Gasteiger partial charge in [0.1, 0.15) is 0 Å². The van der Waals surface area contributed by atoms with Crippen molar-refractivity contribution in [1.29, 1.82) is 0 Å². The molecule has 0 aliphatic rings. The second-order valence-electron chi connectivity index (χ2n) is 4.51. The normalized spacial score (nSPS) is 9.55. The van der Waals surface area contributed by atoms with Crippen molar-refractivity contribution in [1.82, 2.24) is 0 Å². The molecule has 0 saturated carbocycles. The van der Waals surface area contributed by atoms with Gasteiger partial charge >= 0.3 is 5.97 Å². The number of carbonyl (C=O) groups excluding carboxylic acids is 3. The van der Waals surface area contributed by atoms with Gasteiger partial charge in [0.2, 0.25) is 0 Å². The van der Waals surface area contributed by atoms with Crippen LogP contribution in [0.4, 0.5) is 5.69 Å². The second-order valence-corrected chi connectivity index (χ2v) is 4.51. The van der Waals surface area contributed by atoms with E-state index in [1.807, 2.05) is 0 Å². The van der Waals surface area contributed by atoms with E-state index >= 15 is 0 Å². The average Bonchev–Trinajstić information content (AvgIpc) is 2.36. The Hall–Kier alpha value is -2.43. The lowest BCUT2D eigenvalue weighted by Crippen LogP contribution is -2.20. The molecule has 1 aromatic carbocycles. The molecule has 0 aliphatic heterocycles. The summed E-state index contributed by atoms with van der Waals surface area (Å²) in [6.45, 7) is 4.60. The molecule has 0 fully saturated rings. The number of ether oxygens (including phenoxy) is 1. The minimum Gasteiger partial charge on any atom is -0.452 e. The zero-order valence-corrected chi connectivity index (χ0v) is 11.7. The maximum Gasteiger partial charge on any atom is 0.331 e. The Balaban J connectivity index is 2.55. The van der Waals surface area contributed by atoms with Gasteiger partial charge in [-0.15, -0.1) is 0 Å². The van der Waals surface area contributed by atoms with Crippen LogP contribution in [0.2, 0.25) is 0 Å². The van der Waals surface area contributed by atoms with Crippen molar-refractivity contribution in [3.63, 3.8) is 0 Å². The number of hydrogen-bond donors (Lipinski definition) is 1. The first-order valence-electron chi connectivity index (χ1n) is 6.11. The Kier molecular flexibility index (Phi) is 5.65. The first kappa shape index (κ1) is 15.6. The third-order valence-corrected chi connectivity index (χ3v) is 2.30. The molecule has 0 aromatic heterocycles. The van der Waals surface area contributed by atoms with Crippen LogP contribution in [0, 0.1) is 0 Å². The van der Waals surface area contributed by atoms with Crippen LogP contribution in [0.5, 0.6) is 0 Å². The minimum atomic E-state index is -0.558. The van der Waals surface area contributed by atoms with Crippen molar-refractivity contribution in [2.75, 3.05) is 11.9 Å². The number of nitrogens with one attached hydrogen (secondary N) is 1. The maximum absolute atomic E-state index is 11.6. The smallest absolute Gasteiger partial charge is 0.331 e. The lowest BCUT2D eigenvalue weighted by molar-refractivity contribution is -0.142. The first-order chi connectivity index (χ1) is 9.38. The van der Waals surface area contributed by atoms with E-state index in [1.54, 1.807) is 38.1 Å². The van der Waals surface area contributed by atoms with Crippen LogP contribution in [0.15, 0.2) is 35.9 Å². The van der Waals surface area contributed by atoms with Gasteiger partial charge in [-0.25, -0.2) is 4.79 Å². The molecular weight excluding hydrogens is 258 g/mol. The molecule has 0 bridgehead atoms. The Labute approximate surface area is 117 Å². The third-order valence-electron chi connectivity index (χ3n) is 2.30. The molecule has 0 saturated heterocycles. The summed E-state index contributed by atoms with van der Waals surface area (Å²) in [4.78, 5) is 34.0. The van der Waals surface area contributed by atoms with E-state index in [0.29, 0.717) is 11.3 Å². The lowest BCUT2D eigenvalue weighted by Gasteiger charge is -2.06. The summed E-state index contributed by atoms with van der Waals surface area (Å²) in [6.07, 6.45) is 1.31. The summed E-state index contributed by atoms with van der Waals surface area (Å²) < 4.78 is 4.77. The van der Waals surface area contributed by atoms with E-state index in [4.69, 9.17) is 4.74 Å². The summed E-state index contributed by atoms with van der Waals surface area (Å²) in [5.41, 5.74) is 1.79. The van der Waals surface area contributed by atoms with E-state index in [-0.39, 0.29) is 12.4 Å². The van der Waals surface area contributed by atoms with Crippen molar-refractivity contribution < 1.29 is 19.1 Å². The Morgan fingerprint density at radius 2 is 1.90 bits per heavy atom. The molecule has 0 radical (unpaired) electrons. The van der Waals surface area contributed by atoms with Crippen LogP contribution in [0.25, 0.3) is 0 Å². The second kappa shape index (κ2) is 7.23. The molecule has 0 spiro atoms. The molecule has 106 valence electrons. The molecule has 0 unspecified atom stereocenters. The summed E-state index contributed by atoms with van der Waals surface area (Å²) in [6, 6.07) is 6.55. The quantitative estimate of drug-likeness (QED) is 0.508. The van der Waals surface area contributed by atoms with Crippen LogP contribution in [0.1, 0.15) is 31.1 Å². The minimum absolute atomic E-state index is 0.0870. The van der Waals surface area contributed by atoms with Crippen molar-refractivity contribution >= 4 is 23.3 Å². The van der Waals surface area contributed by atoms with Gasteiger partial charge in [-0.2, -0.15) is 0 Å². The Morgan fingerprint density at radius 3 is 2.50 bits per heavy atom. The number of Topliss-reactive ketones (excluding diaryl/α,β-unsaturated/α-hetero) is 1. The highest BCUT2D eigenvalue weighted by molar-refractivity contribution is 5.97. The number of allylic oxidation sites excluding steroid dienone is 1. The number of rotatable bonds is 5. The molecule has 0 aliphatic carbocycles. The fourth-order valence-electron chi connectivity index (χ4n) is 1.43. The van der Waals surface area contributed by atoms with Crippen LogP contribution in [0.3, 0.4) is 0 Å². The summed E-state index contributed by atoms with van der Waals surface area (Å²) in [7, 11) is 0. The van der Waals surface area contributed by atoms with Gasteiger partial charge in [-0.3, -0.25) is 9.59 Å². The summed E-state index contributed by atoms with van der Waals surface area (Å²) in [5, 5.41) is 2.56.